The van der Waals surface area contributed by atoms with Crippen molar-refractivity contribution in [3.63, 3.8) is 0 Å². The van der Waals surface area contributed by atoms with Gasteiger partial charge in [-0.05, 0) is 30.9 Å². The van der Waals surface area contributed by atoms with Gasteiger partial charge in [0.1, 0.15) is 11.6 Å². The highest BCUT2D eigenvalue weighted by Gasteiger charge is 2.15. The SMILES string of the molecule is O=C(CNC(=O)c1ccc(F)cc1F)NCCCC1CCCC1. The number of halogens is 2. The van der Waals surface area contributed by atoms with Crippen molar-refractivity contribution < 1.29 is 18.4 Å². The molecular weight excluding hydrogens is 302 g/mol. The van der Waals surface area contributed by atoms with Gasteiger partial charge in [0.2, 0.25) is 5.91 Å². The van der Waals surface area contributed by atoms with Gasteiger partial charge >= 0.3 is 0 Å². The topological polar surface area (TPSA) is 58.2 Å². The van der Waals surface area contributed by atoms with E-state index in [4.69, 9.17) is 0 Å². The van der Waals surface area contributed by atoms with Crippen molar-refractivity contribution in [1.82, 2.24) is 10.6 Å². The lowest BCUT2D eigenvalue weighted by atomic mass is 10.0. The molecule has 0 radical (unpaired) electrons. The van der Waals surface area contributed by atoms with E-state index in [1.165, 1.54) is 25.7 Å². The summed E-state index contributed by atoms with van der Waals surface area (Å²) >= 11 is 0. The van der Waals surface area contributed by atoms with Crippen LogP contribution in [0.3, 0.4) is 0 Å². The van der Waals surface area contributed by atoms with E-state index in [-0.39, 0.29) is 18.0 Å². The van der Waals surface area contributed by atoms with Gasteiger partial charge in [-0.15, -0.1) is 0 Å². The minimum absolute atomic E-state index is 0.223. The molecule has 4 nitrogen and oxygen atoms in total. The zero-order valence-corrected chi connectivity index (χ0v) is 13.0. The second-order valence-electron chi connectivity index (χ2n) is 5.95. The van der Waals surface area contributed by atoms with Gasteiger partial charge in [0, 0.05) is 12.6 Å². The smallest absolute Gasteiger partial charge is 0.254 e. The van der Waals surface area contributed by atoms with Crippen LogP contribution in [0.5, 0.6) is 0 Å². The van der Waals surface area contributed by atoms with Crippen LogP contribution in [0, 0.1) is 17.6 Å². The van der Waals surface area contributed by atoms with E-state index in [2.05, 4.69) is 10.6 Å². The molecule has 0 aromatic heterocycles. The van der Waals surface area contributed by atoms with E-state index in [0.29, 0.717) is 12.6 Å². The standard InChI is InChI=1S/C17H22F2N2O2/c18-13-7-8-14(15(19)10-13)17(23)21-11-16(22)20-9-3-6-12-4-1-2-5-12/h7-8,10,12H,1-6,9,11H2,(H,20,22)(H,21,23). The fourth-order valence-electron chi connectivity index (χ4n) is 2.91. The molecule has 0 spiro atoms. The monoisotopic (exact) mass is 324 g/mol. The zero-order chi connectivity index (χ0) is 16.7. The van der Waals surface area contributed by atoms with Gasteiger partial charge in [0.15, 0.2) is 0 Å². The molecule has 0 aliphatic heterocycles. The average Bonchev–Trinajstić information content (AvgIpc) is 3.02. The number of hydrogen-bond donors (Lipinski definition) is 2. The third kappa shape index (κ3) is 5.62. The molecule has 0 saturated heterocycles. The minimum atomic E-state index is -0.945. The maximum atomic E-state index is 13.4. The summed E-state index contributed by atoms with van der Waals surface area (Å²) in [6, 6.07) is 2.69. The molecule has 126 valence electrons. The first-order valence-electron chi connectivity index (χ1n) is 8.06. The Labute approximate surface area is 134 Å². The highest BCUT2D eigenvalue weighted by atomic mass is 19.1. The molecule has 1 aromatic rings. The fourth-order valence-corrected chi connectivity index (χ4v) is 2.91. The summed E-state index contributed by atoms with van der Waals surface area (Å²) in [6.45, 7) is 0.356. The summed E-state index contributed by atoms with van der Waals surface area (Å²) < 4.78 is 26.2. The van der Waals surface area contributed by atoms with Gasteiger partial charge in [0.05, 0.1) is 12.1 Å². The Hall–Kier alpha value is -1.98. The third-order valence-electron chi connectivity index (χ3n) is 4.17. The molecule has 1 saturated carbocycles. The van der Waals surface area contributed by atoms with Gasteiger partial charge in [0.25, 0.3) is 5.91 Å². The van der Waals surface area contributed by atoms with Gasteiger partial charge < -0.3 is 10.6 Å². The van der Waals surface area contributed by atoms with Crippen molar-refractivity contribution in [2.45, 2.75) is 38.5 Å². The second kappa shape index (κ2) is 8.60. The van der Waals surface area contributed by atoms with Crippen LogP contribution in [0.4, 0.5) is 8.78 Å². The molecule has 0 atom stereocenters. The van der Waals surface area contributed by atoms with Crippen LogP contribution in [0.25, 0.3) is 0 Å². The van der Waals surface area contributed by atoms with Gasteiger partial charge in [-0.25, -0.2) is 8.78 Å². The lowest BCUT2D eigenvalue weighted by Gasteiger charge is -2.10. The van der Waals surface area contributed by atoms with Crippen LogP contribution in [0.15, 0.2) is 18.2 Å². The number of carbonyl (C=O) groups excluding carboxylic acids is 2. The zero-order valence-electron chi connectivity index (χ0n) is 13.0. The van der Waals surface area contributed by atoms with Crippen LogP contribution in [0.1, 0.15) is 48.9 Å². The van der Waals surface area contributed by atoms with Crippen LogP contribution in [-0.4, -0.2) is 24.9 Å². The Kier molecular flexibility index (Phi) is 6.50. The number of benzene rings is 1. The predicted octanol–water partition coefficient (Wildman–Crippen LogP) is 2.78. The van der Waals surface area contributed by atoms with Gasteiger partial charge in [-0.2, -0.15) is 0 Å². The quantitative estimate of drug-likeness (QED) is 0.758. The van der Waals surface area contributed by atoms with Crippen molar-refractivity contribution in [3.05, 3.63) is 35.4 Å². The minimum Gasteiger partial charge on any atom is -0.355 e. The van der Waals surface area contributed by atoms with E-state index < -0.39 is 17.5 Å². The first kappa shape index (κ1) is 17.4. The van der Waals surface area contributed by atoms with Crippen molar-refractivity contribution in [3.8, 4) is 0 Å². The summed E-state index contributed by atoms with van der Waals surface area (Å²) in [4.78, 5) is 23.4. The summed E-state index contributed by atoms with van der Waals surface area (Å²) in [5.41, 5.74) is -0.277. The fraction of sp³-hybridized carbons (Fsp3) is 0.529. The molecule has 1 fully saturated rings. The normalized spacial score (nSPS) is 14.7. The van der Waals surface area contributed by atoms with Crippen LogP contribution in [0.2, 0.25) is 0 Å². The summed E-state index contributed by atoms with van der Waals surface area (Å²) in [6.07, 6.45) is 7.23. The molecule has 6 heteroatoms. The van der Waals surface area contributed by atoms with Crippen LogP contribution >= 0.6 is 0 Å². The number of rotatable bonds is 7. The maximum Gasteiger partial charge on any atom is 0.254 e. The first-order chi connectivity index (χ1) is 11.1. The molecule has 0 bridgehead atoms. The van der Waals surface area contributed by atoms with Gasteiger partial charge in [-0.1, -0.05) is 25.7 Å². The van der Waals surface area contributed by atoms with E-state index in [1.54, 1.807) is 0 Å². The van der Waals surface area contributed by atoms with E-state index >= 15 is 0 Å². The van der Waals surface area contributed by atoms with E-state index in [9.17, 15) is 18.4 Å². The molecule has 1 aromatic carbocycles. The molecule has 2 amide bonds. The maximum absolute atomic E-state index is 13.4. The molecule has 0 heterocycles. The van der Waals surface area contributed by atoms with Crippen molar-refractivity contribution >= 4 is 11.8 Å². The Morgan fingerprint density at radius 2 is 1.87 bits per heavy atom. The van der Waals surface area contributed by atoms with Gasteiger partial charge in [-0.3, -0.25) is 9.59 Å². The van der Waals surface area contributed by atoms with E-state index in [0.717, 1.165) is 30.9 Å². The molecule has 2 rings (SSSR count). The lowest BCUT2D eigenvalue weighted by Crippen LogP contribution is -2.37. The van der Waals surface area contributed by atoms with Crippen LogP contribution < -0.4 is 10.6 Å². The predicted molar refractivity (Wildman–Crippen MR) is 82.9 cm³/mol. The Balaban J connectivity index is 1.64. The lowest BCUT2D eigenvalue weighted by molar-refractivity contribution is -0.120. The summed E-state index contributed by atoms with van der Waals surface area (Å²) in [7, 11) is 0. The largest absolute Gasteiger partial charge is 0.355 e. The summed E-state index contributed by atoms with van der Waals surface area (Å²) in [5.74, 6) is -1.96. The number of carbonyl (C=O) groups is 2. The molecule has 1 aliphatic rings. The van der Waals surface area contributed by atoms with Crippen molar-refractivity contribution in [2.24, 2.45) is 5.92 Å². The number of amides is 2. The average molecular weight is 324 g/mol. The van der Waals surface area contributed by atoms with Crippen molar-refractivity contribution in [1.29, 1.82) is 0 Å². The number of hydrogen-bond acceptors (Lipinski definition) is 2. The number of nitrogens with one attached hydrogen (secondary N) is 2. The molecular formula is C17H22F2N2O2. The Morgan fingerprint density at radius 3 is 2.57 bits per heavy atom. The van der Waals surface area contributed by atoms with Crippen LogP contribution in [-0.2, 0) is 4.79 Å². The van der Waals surface area contributed by atoms with E-state index in [1.807, 2.05) is 0 Å². The Morgan fingerprint density at radius 1 is 1.13 bits per heavy atom. The van der Waals surface area contributed by atoms with Crippen molar-refractivity contribution in [2.75, 3.05) is 13.1 Å². The third-order valence-corrected chi connectivity index (χ3v) is 4.17. The molecule has 23 heavy (non-hydrogen) atoms. The second-order valence-corrected chi connectivity index (χ2v) is 5.95. The Bertz CT molecular complexity index is 558. The molecule has 1 aliphatic carbocycles. The highest BCUT2D eigenvalue weighted by Crippen LogP contribution is 2.28. The first-order valence-corrected chi connectivity index (χ1v) is 8.06. The molecule has 0 unspecified atom stereocenters. The molecule has 2 N–H and O–H groups in total. The highest BCUT2D eigenvalue weighted by molar-refractivity contribution is 5.96. The summed E-state index contributed by atoms with van der Waals surface area (Å²) in [5, 5.41) is 5.06.